The van der Waals surface area contributed by atoms with Gasteiger partial charge in [0.2, 0.25) is 0 Å². The van der Waals surface area contributed by atoms with E-state index in [-0.39, 0.29) is 11.3 Å². The Labute approximate surface area is 143 Å². The normalized spacial score (nSPS) is 12.0. The minimum atomic E-state index is -0.518. The second-order valence-corrected chi connectivity index (χ2v) is 5.69. The van der Waals surface area contributed by atoms with Crippen LogP contribution in [0.5, 0.6) is 5.75 Å². The number of methoxy groups -OCH3 is 1. The third kappa shape index (κ3) is 3.38. The van der Waals surface area contributed by atoms with Gasteiger partial charge in [-0.2, -0.15) is 0 Å². The van der Waals surface area contributed by atoms with Gasteiger partial charge in [0.25, 0.3) is 11.5 Å². The molecule has 1 unspecified atom stereocenters. The molecule has 2 aromatic carbocycles. The highest BCUT2D eigenvalue weighted by atomic mass is 19.1. The topological polar surface area (TPSA) is 71.2 Å². The van der Waals surface area contributed by atoms with Gasteiger partial charge in [0.15, 0.2) is 11.6 Å². The Balaban J connectivity index is 1.85. The van der Waals surface area contributed by atoms with Gasteiger partial charge in [-0.1, -0.05) is 24.3 Å². The molecule has 0 aliphatic rings. The van der Waals surface area contributed by atoms with Crippen molar-refractivity contribution < 1.29 is 13.9 Å². The van der Waals surface area contributed by atoms with Crippen LogP contribution in [0, 0.1) is 5.82 Å². The predicted octanol–water partition coefficient (Wildman–Crippen LogP) is 3.17. The highest BCUT2D eigenvalue weighted by Gasteiger charge is 2.16. The van der Waals surface area contributed by atoms with Gasteiger partial charge in [0.05, 0.1) is 13.2 Å². The van der Waals surface area contributed by atoms with Gasteiger partial charge in [0.1, 0.15) is 5.56 Å². The number of pyridine rings is 1. The molecule has 5 nitrogen and oxygen atoms in total. The molecule has 2 N–H and O–H groups in total. The molecule has 1 amide bonds. The number of carbonyl (C=O) groups is 1. The number of nitrogens with one attached hydrogen (secondary N) is 2. The minimum absolute atomic E-state index is 0.0135. The Bertz CT molecular complexity index is 997. The second-order valence-electron chi connectivity index (χ2n) is 5.69. The summed E-state index contributed by atoms with van der Waals surface area (Å²) in [4.78, 5) is 27.3. The van der Waals surface area contributed by atoms with Crippen LogP contribution in [0.4, 0.5) is 4.39 Å². The van der Waals surface area contributed by atoms with Crippen molar-refractivity contribution in [1.82, 2.24) is 10.3 Å². The largest absolute Gasteiger partial charge is 0.494 e. The first-order chi connectivity index (χ1) is 12.0. The number of fused-ring (bicyclic) bond motifs is 1. The Morgan fingerprint density at radius 1 is 1.20 bits per heavy atom. The van der Waals surface area contributed by atoms with E-state index in [9.17, 15) is 14.0 Å². The molecule has 0 saturated carbocycles. The molecule has 1 aromatic heterocycles. The molecular formula is C19H17FN2O3. The van der Waals surface area contributed by atoms with Crippen LogP contribution in [0.25, 0.3) is 10.9 Å². The summed E-state index contributed by atoms with van der Waals surface area (Å²) in [7, 11) is 1.38. The van der Waals surface area contributed by atoms with Crippen molar-refractivity contribution in [3.8, 4) is 5.75 Å². The molecule has 25 heavy (non-hydrogen) atoms. The lowest BCUT2D eigenvalue weighted by atomic mass is 10.1. The molecular weight excluding hydrogens is 323 g/mol. The summed E-state index contributed by atoms with van der Waals surface area (Å²) in [5.41, 5.74) is 0.780. The summed E-state index contributed by atoms with van der Waals surface area (Å²) < 4.78 is 18.7. The summed E-state index contributed by atoms with van der Waals surface area (Å²) in [6, 6.07) is 12.7. The van der Waals surface area contributed by atoms with E-state index in [0.29, 0.717) is 11.1 Å². The van der Waals surface area contributed by atoms with Gasteiger partial charge in [0, 0.05) is 5.52 Å². The molecule has 0 fully saturated rings. The van der Waals surface area contributed by atoms with E-state index in [0.717, 1.165) is 5.39 Å². The number of amides is 1. The number of hydrogen-bond acceptors (Lipinski definition) is 3. The second kappa shape index (κ2) is 6.76. The quantitative estimate of drug-likeness (QED) is 0.766. The Hall–Kier alpha value is -3.15. The van der Waals surface area contributed by atoms with Crippen LogP contribution >= 0.6 is 0 Å². The first-order valence-electron chi connectivity index (χ1n) is 7.76. The van der Waals surface area contributed by atoms with Crippen molar-refractivity contribution in [3.05, 3.63) is 75.8 Å². The van der Waals surface area contributed by atoms with E-state index in [4.69, 9.17) is 4.74 Å². The monoisotopic (exact) mass is 340 g/mol. The summed E-state index contributed by atoms with van der Waals surface area (Å²) in [6.45, 7) is 1.72. The molecule has 3 aromatic rings. The van der Waals surface area contributed by atoms with E-state index >= 15 is 0 Å². The molecule has 1 heterocycles. The van der Waals surface area contributed by atoms with E-state index in [1.807, 2.05) is 12.1 Å². The van der Waals surface area contributed by atoms with E-state index in [1.165, 1.54) is 19.2 Å². The van der Waals surface area contributed by atoms with Gasteiger partial charge in [-0.25, -0.2) is 4.39 Å². The number of para-hydroxylation sites is 1. The first kappa shape index (κ1) is 16.7. The maximum absolute atomic E-state index is 13.8. The van der Waals surface area contributed by atoms with Crippen LogP contribution in [0.2, 0.25) is 0 Å². The first-order valence-corrected chi connectivity index (χ1v) is 7.76. The average molecular weight is 340 g/mol. The number of aromatic amines is 1. The number of carbonyl (C=O) groups excluding carboxylic acids is 1. The molecule has 3 rings (SSSR count). The Kier molecular flexibility index (Phi) is 4.52. The Morgan fingerprint density at radius 3 is 2.68 bits per heavy atom. The number of aromatic nitrogens is 1. The number of rotatable bonds is 4. The molecule has 0 aliphatic carbocycles. The van der Waals surface area contributed by atoms with Gasteiger partial charge >= 0.3 is 0 Å². The summed E-state index contributed by atoms with van der Waals surface area (Å²) in [5.74, 6) is -0.895. The average Bonchev–Trinajstić information content (AvgIpc) is 2.60. The van der Waals surface area contributed by atoms with Crippen LogP contribution in [-0.4, -0.2) is 18.0 Å². The standard InChI is InChI=1S/C19H17FN2O3/c1-11(12-7-8-17(25-2)15(20)10-12)21-18(23)14-9-13-5-3-4-6-16(13)22-19(14)24/h3-11H,1-2H3,(H,21,23)(H,22,24). The number of halogens is 1. The lowest BCUT2D eigenvalue weighted by Crippen LogP contribution is -2.31. The van der Waals surface area contributed by atoms with Crippen LogP contribution in [-0.2, 0) is 0 Å². The third-order valence-corrected chi connectivity index (χ3v) is 4.02. The van der Waals surface area contributed by atoms with Crippen LogP contribution < -0.4 is 15.6 Å². The molecule has 6 heteroatoms. The van der Waals surface area contributed by atoms with Crippen molar-refractivity contribution in [2.45, 2.75) is 13.0 Å². The van der Waals surface area contributed by atoms with Crippen molar-refractivity contribution in [1.29, 1.82) is 0 Å². The van der Waals surface area contributed by atoms with E-state index < -0.39 is 23.3 Å². The summed E-state index contributed by atoms with van der Waals surface area (Å²) >= 11 is 0. The fraction of sp³-hybridized carbons (Fsp3) is 0.158. The SMILES string of the molecule is COc1ccc(C(C)NC(=O)c2cc3ccccc3[nH]c2=O)cc1F. The number of hydrogen-bond donors (Lipinski definition) is 2. The predicted molar refractivity (Wildman–Crippen MR) is 93.4 cm³/mol. The van der Waals surface area contributed by atoms with Crippen molar-refractivity contribution in [3.63, 3.8) is 0 Å². The third-order valence-electron chi connectivity index (χ3n) is 4.02. The zero-order valence-electron chi connectivity index (χ0n) is 13.8. The van der Waals surface area contributed by atoms with Crippen molar-refractivity contribution in [2.24, 2.45) is 0 Å². The molecule has 0 spiro atoms. The fourth-order valence-electron chi connectivity index (χ4n) is 2.63. The highest BCUT2D eigenvalue weighted by Crippen LogP contribution is 2.22. The molecule has 0 bridgehead atoms. The van der Waals surface area contributed by atoms with Gasteiger partial charge < -0.3 is 15.0 Å². The molecule has 0 radical (unpaired) electrons. The zero-order chi connectivity index (χ0) is 18.0. The summed E-state index contributed by atoms with van der Waals surface area (Å²) in [5, 5.41) is 3.48. The lowest BCUT2D eigenvalue weighted by molar-refractivity contribution is 0.0938. The number of benzene rings is 2. The zero-order valence-corrected chi connectivity index (χ0v) is 13.8. The molecule has 0 aliphatic heterocycles. The van der Waals surface area contributed by atoms with Gasteiger partial charge in [-0.05, 0) is 42.1 Å². The number of ether oxygens (including phenoxy) is 1. The van der Waals surface area contributed by atoms with E-state index in [2.05, 4.69) is 10.3 Å². The minimum Gasteiger partial charge on any atom is -0.494 e. The maximum Gasteiger partial charge on any atom is 0.261 e. The molecule has 128 valence electrons. The van der Waals surface area contributed by atoms with Gasteiger partial charge in [-0.15, -0.1) is 0 Å². The molecule has 1 atom stereocenters. The van der Waals surface area contributed by atoms with Crippen LogP contribution in [0.3, 0.4) is 0 Å². The van der Waals surface area contributed by atoms with E-state index in [1.54, 1.807) is 31.2 Å². The van der Waals surface area contributed by atoms with Crippen molar-refractivity contribution >= 4 is 16.8 Å². The summed E-state index contributed by atoms with van der Waals surface area (Å²) in [6.07, 6.45) is 0. The van der Waals surface area contributed by atoms with Crippen molar-refractivity contribution in [2.75, 3.05) is 7.11 Å². The van der Waals surface area contributed by atoms with Gasteiger partial charge in [-0.3, -0.25) is 9.59 Å². The highest BCUT2D eigenvalue weighted by molar-refractivity contribution is 5.97. The lowest BCUT2D eigenvalue weighted by Gasteiger charge is -2.15. The maximum atomic E-state index is 13.8. The Morgan fingerprint density at radius 2 is 1.96 bits per heavy atom. The smallest absolute Gasteiger partial charge is 0.261 e. The number of H-pyrrole nitrogens is 1. The fourth-order valence-corrected chi connectivity index (χ4v) is 2.63. The van der Waals surface area contributed by atoms with Crippen LogP contribution in [0.15, 0.2) is 53.3 Å². The molecule has 0 saturated heterocycles. The van der Waals surface area contributed by atoms with Crippen LogP contribution in [0.1, 0.15) is 28.9 Å².